The third-order valence-corrected chi connectivity index (χ3v) is 4.46. The number of para-hydroxylation sites is 1. The molecule has 0 unspecified atom stereocenters. The van der Waals surface area contributed by atoms with Gasteiger partial charge in [0.25, 0.3) is 11.8 Å². The fourth-order valence-electron chi connectivity index (χ4n) is 2.65. The number of ether oxygens (including phenoxy) is 2. The lowest BCUT2D eigenvalue weighted by Crippen LogP contribution is -2.24. The van der Waals surface area contributed by atoms with Gasteiger partial charge in [-0.25, -0.2) is 0 Å². The molecule has 1 aliphatic heterocycles. The molecule has 0 saturated carbocycles. The zero-order chi connectivity index (χ0) is 15.9. The van der Waals surface area contributed by atoms with Gasteiger partial charge in [0.2, 0.25) is 0 Å². The molecule has 0 amide bonds. The summed E-state index contributed by atoms with van der Waals surface area (Å²) < 4.78 is 17.5. The predicted octanol–water partition coefficient (Wildman–Crippen LogP) is 4.09. The molecule has 0 aliphatic carbocycles. The van der Waals surface area contributed by atoms with E-state index in [2.05, 4.69) is 30.1 Å². The number of fused-ring (bicyclic) bond motifs is 1. The maximum Gasteiger partial charge on any atom is 0.257 e. The number of hydrogen-bond donors (Lipinski definition) is 0. The van der Waals surface area contributed by atoms with E-state index in [0.29, 0.717) is 17.5 Å². The molecule has 0 N–H and O–H groups in total. The van der Waals surface area contributed by atoms with Crippen molar-refractivity contribution in [2.75, 3.05) is 0 Å². The molecule has 23 heavy (non-hydrogen) atoms. The average Bonchev–Trinajstić information content (AvgIpc) is 3.22. The first kappa shape index (κ1) is 14.3. The second kappa shape index (κ2) is 5.38. The maximum atomic E-state index is 5.99. The van der Waals surface area contributed by atoms with Crippen LogP contribution in [0.1, 0.15) is 25.3 Å². The molecule has 1 aliphatic rings. The topological polar surface area (TPSA) is 57.4 Å². The van der Waals surface area contributed by atoms with Crippen LogP contribution in [-0.4, -0.2) is 15.8 Å². The lowest BCUT2D eigenvalue weighted by molar-refractivity contribution is 0.130. The van der Waals surface area contributed by atoms with Crippen molar-refractivity contribution < 1.29 is 13.9 Å². The first-order chi connectivity index (χ1) is 11.1. The van der Waals surface area contributed by atoms with Gasteiger partial charge in [0.05, 0.1) is 4.88 Å². The van der Waals surface area contributed by atoms with Crippen molar-refractivity contribution in [1.82, 2.24) is 10.2 Å². The van der Waals surface area contributed by atoms with Crippen LogP contribution in [0.15, 0.2) is 40.1 Å². The van der Waals surface area contributed by atoms with Crippen LogP contribution >= 0.6 is 11.3 Å². The van der Waals surface area contributed by atoms with E-state index in [0.717, 1.165) is 22.6 Å². The van der Waals surface area contributed by atoms with Gasteiger partial charge in [0, 0.05) is 12.0 Å². The number of rotatable bonds is 4. The zero-order valence-corrected chi connectivity index (χ0v) is 13.7. The summed E-state index contributed by atoms with van der Waals surface area (Å²) in [7, 11) is 0. The first-order valence-electron chi connectivity index (χ1n) is 7.41. The molecule has 118 valence electrons. The monoisotopic (exact) mass is 328 g/mol. The molecule has 0 bridgehead atoms. The van der Waals surface area contributed by atoms with Crippen molar-refractivity contribution in [2.45, 2.75) is 32.5 Å². The Morgan fingerprint density at radius 1 is 1.22 bits per heavy atom. The summed E-state index contributed by atoms with van der Waals surface area (Å²) in [6.45, 7) is 4.36. The first-order valence-corrected chi connectivity index (χ1v) is 8.29. The van der Waals surface area contributed by atoms with Gasteiger partial charge in [0.1, 0.15) is 5.60 Å². The van der Waals surface area contributed by atoms with Gasteiger partial charge in [-0.2, -0.15) is 0 Å². The van der Waals surface area contributed by atoms with E-state index < -0.39 is 0 Å². The Morgan fingerprint density at radius 2 is 2.13 bits per heavy atom. The van der Waals surface area contributed by atoms with Crippen LogP contribution in [0.2, 0.25) is 0 Å². The Hall–Kier alpha value is -2.34. The highest BCUT2D eigenvalue weighted by Crippen LogP contribution is 2.41. The maximum absolute atomic E-state index is 5.99. The number of nitrogens with zero attached hydrogens (tertiary/aromatic N) is 2. The van der Waals surface area contributed by atoms with Gasteiger partial charge in [-0.15, -0.1) is 21.5 Å². The molecule has 4 rings (SSSR count). The molecular formula is C17H16N2O3S. The highest BCUT2D eigenvalue weighted by Gasteiger charge is 2.32. The number of benzene rings is 1. The van der Waals surface area contributed by atoms with Crippen LogP contribution in [-0.2, 0) is 13.0 Å². The lowest BCUT2D eigenvalue weighted by Gasteiger charge is -2.18. The minimum Gasteiger partial charge on any atom is -0.483 e. The molecule has 6 heteroatoms. The molecule has 2 aromatic heterocycles. The standard InChI is InChI=1S/C17H16N2O3S/c1-17(2)9-11-5-3-6-12(15(11)22-17)20-10-14-18-19-16(21-14)13-7-4-8-23-13/h3-8H,9-10H2,1-2H3. The van der Waals surface area contributed by atoms with E-state index in [1.165, 1.54) is 0 Å². The van der Waals surface area contributed by atoms with Crippen molar-refractivity contribution in [3.63, 3.8) is 0 Å². The molecule has 0 spiro atoms. The second-order valence-corrected chi connectivity index (χ2v) is 7.00. The number of thiophene rings is 1. The summed E-state index contributed by atoms with van der Waals surface area (Å²) in [5.74, 6) is 2.50. The SMILES string of the molecule is CC1(C)Cc2cccc(OCc3nnc(-c4cccs4)o3)c2O1. The Bertz CT molecular complexity index is 824. The summed E-state index contributed by atoms with van der Waals surface area (Å²) in [6, 6.07) is 9.84. The predicted molar refractivity (Wildman–Crippen MR) is 86.8 cm³/mol. The number of aromatic nitrogens is 2. The number of hydrogen-bond acceptors (Lipinski definition) is 6. The van der Waals surface area contributed by atoms with Crippen molar-refractivity contribution >= 4 is 11.3 Å². The van der Waals surface area contributed by atoms with Crippen molar-refractivity contribution in [3.8, 4) is 22.3 Å². The van der Waals surface area contributed by atoms with Crippen LogP contribution in [0.25, 0.3) is 10.8 Å². The summed E-state index contributed by atoms with van der Waals surface area (Å²) in [4.78, 5) is 0.953. The Labute approximate surface area is 137 Å². The van der Waals surface area contributed by atoms with Gasteiger partial charge >= 0.3 is 0 Å². The Kier molecular flexibility index (Phi) is 3.34. The van der Waals surface area contributed by atoms with Gasteiger partial charge in [-0.05, 0) is 31.4 Å². The van der Waals surface area contributed by atoms with Crippen LogP contribution in [0, 0.1) is 0 Å². The van der Waals surface area contributed by atoms with E-state index in [-0.39, 0.29) is 12.2 Å². The van der Waals surface area contributed by atoms with E-state index in [9.17, 15) is 0 Å². The summed E-state index contributed by atoms with van der Waals surface area (Å²) >= 11 is 1.56. The fraction of sp³-hybridized carbons (Fsp3) is 0.294. The van der Waals surface area contributed by atoms with Gasteiger partial charge in [-0.1, -0.05) is 18.2 Å². The van der Waals surface area contributed by atoms with Crippen LogP contribution < -0.4 is 9.47 Å². The summed E-state index contributed by atoms with van der Waals surface area (Å²) in [5.41, 5.74) is 0.968. The van der Waals surface area contributed by atoms with E-state index in [1.54, 1.807) is 11.3 Å². The van der Waals surface area contributed by atoms with Crippen molar-refractivity contribution in [3.05, 3.63) is 47.2 Å². The third kappa shape index (κ3) is 2.82. The molecule has 0 saturated heterocycles. The molecule has 0 atom stereocenters. The average molecular weight is 328 g/mol. The quantitative estimate of drug-likeness (QED) is 0.722. The molecule has 1 aromatic carbocycles. The minimum absolute atomic E-state index is 0.196. The van der Waals surface area contributed by atoms with Gasteiger partial charge in [-0.3, -0.25) is 0 Å². The van der Waals surface area contributed by atoms with Crippen LogP contribution in [0.4, 0.5) is 0 Å². The van der Waals surface area contributed by atoms with Crippen molar-refractivity contribution in [2.24, 2.45) is 0 Å². The highest BCUT2D eigenvalue weighted by molar-refractivity contribution is 7.13. The van der Waals surface area contributed by atoms with E-state index >= 15 is 0 Å². The molecule has 3 heterocycles. The Morgan fingerprint density at radius 3 is 2.96 bits per heavy atom. The summed E-state index contributed by atoms with van der Waals surface area (Å²) in [5, 5.41) is 10.1. The fourth-order valence-corrected chi connectivity index (χ4v) is 3.30. The largest absolute Gasteiger partial charge is 0.483 e. The minimum atomic E-state index is -0.196. The molecular weight excluding hydrogens is 312 g/mol. The van der Waals surface area contributed by atoms with Gasteiger partial charge < -0.3 is 13.9 Å². The third-order valence-electron chi connectivity index (χ3n) is 3.60. The smallest absolute Gasteiger partial charge is 0.257 e. The highest BCUT2D eigenvalue weighted by atomic mass is 32.1. The van der Waals surface area contributed by atoms with Gasteiger partial charge in [0.15, 0.2) is 18.1 Å². The van der Waals surface area contributed by atoms with Crippen molar-refractivity contribution in [1.29, 1.82) is 0 Å². The van der Waals surface area contributed by atoms with E-state index in [1.807, 2.05) is 29.6 Å². The molecule has 0 fully saturated rings. The lowest BCUT2D eigenvalue weighted by atomic mass is 10.0. The zero-order valence-electron chi connectivity index (χ0n) is 12.9. The Balaban J connectivity index is 1.50. The van der Waals surface area contributed by atoms with E-state index in [4.69, 9.17) is 13.9 Å². The molecule has 0 radical (unpaired) electrons. The molecule has 3 aromatic rings. The normalized spacial score (nSPS) is 15.2. The second-order valence-electron chi connectivity index (χ2n) is 6.05. The van der Waals surface area contributed by atoms with Crippen LogP contribution in [0.3, 0.4) is 0 Å². The summed E-state index contributed by atoms with van der Waals surface area (Å²) in [6.07, 6.45) is 0.878. The van der Waals surface area contributed by atoms with Crippen LogP contribution in [0.5, 0.6) is 11.5 Å². The molecule has 5 nitrogen and oxygen atoms in total.